The molecule has 112 valence electrons. The fourth-order valence-electron chi connectivity index (χ4n) is 1.74. The Morgan fingerprint density at radius 2 is 2.24 bits per heavy atom. The number of amidine groups is 1. The van der Waals surface area contributed by atoms with Crippen LogP contribution in [0.3, 0.4) is 0 Å². The van der Waals surface area contributed by atoms with E-state index < -0.39 is 0 Å². The molecule has 0 radical (unpaired) electrons. The van der Waals surface area contributed by atoms with Gasteiger partial charge in [-0.2, -0.15) is 0 Å². The Hall–Kier alpha value is -2.15. The lowest BCUT2D eigenvalue weighted by atomic mass is 10.1. The predicted molar refractivity (Wildman–Crippen MR) is 81.0 cm³/mol. The van der Waals surface area contributed by atoms with E-state index in [0.717, 1.165) is 17.0 Å². The Labute approximate surface area is 127 Å². The standard InChI is InChI=1S/C14H17N3O3S/c1-8-9(2)20-14(16-8)21-7-10-4-5-11(13(15)17-18)12(6-10)19-3/h4-6,18H,7H2,1-3H3,(H2,15,17). The van der Waals surface area contributed by atoms with Crippen molar-refractivity contribution < 1.29 is 14.4 Å². The molecule has 21 heavy (non-hydrogen) atoms. The fraction of sp³-hybridized carbons (Fsp3) is 0.286. The predicted octanol–water partition coefficient (Wildman–Crippen LogP) is 2.69. The lowest BCUT2D eigenvalue weighted by Crippen LogP contribution is -2.14. The minimum Gasteiger partial charge on any atom is -0.496 e. The van der Waals surface area contributed by atoms with Crippen LogP contribution in [0.15, 0.2) is 33.0 Å². The summed E-state index contributed by atoms with van der Waals surface area (Å²) in [6.45, 7) is 3.80. The Kier molecular flexibility index (Phi) is 4.74. The number of nitrogens with two attached hydrogens (primary N) is 1. The second kappa shape index (κ2) is 6.53. The maximum absolute atomic E-state index is 8.74. The number of methoxy groups -OCH3 is 1. The molecule has 3 N–H and O–H groups in total. The van der Waals surface area contributed by atoms with Crippen LogP contribution in [0.4, 0.5) is 0 Å². The van der Waals surface area contributed by atoms with Crippen molar-refractivity contribution in [2.24, 2.45) is 10.9 Å². The summed E-state index contributed by atoms with van der Waals surface area (Å²) in [6, 6.07) is 5.50. The highest BCUT2D eigenvalue weighted by atomic mass is 32.2. The topological polar surface area (TPSA) is 93.9 Å². The number of hydrogen-bond acceptors (Lipinski definition) is 6. The summed E-state index contributed by atoms with van der Waals surface area (Å²) in [5.41, 5.74) is 8.08. The molecule has 0 unspecified atom stereocenters. The maximum atomic E-state index is 8.74. The highest BCUT2D eigenvalue weighted by molar-refractivity contribution is 7.98. The number of hydrogen-bond donors (Lipinski definition) is 2. The second-order valence-corrected chi connectivity index (χ2v) is 5.36. The first-order valence-corrected chi connectivity index (χ1v) is 7.25. The minimum atomic E-state index is 0.0185. The summed E-state index contributed by atoms with van der Waals surface area (Å²) in [7, 11) is 1.54. The van der Waals surface area contributed by atoms with Gasteiger partial charge in [0.15, 0.2) is 5.84 Å². The van der Waals surface area contributed by atoms with Gasteiger partial charge >= 0.3 is 0 Å². The highest BCUT2D eigenvalue weighted by Crippen LogP contribution is 2.27. The van der Waals surface area contributed by atoms with E-state index in [1.807, 2.05) is 26.0 Å². The zero-order valence-corrected chi connectivity index (χ0v) is 12.9. The average Bonchev–Trinajstić information content (AvgIpc) is 2.82. The Morgan fingerprint density at radius 3 is 2.81 bits per heavy atom. The van der Waals surface area contributed by atoms with Crippen molar-refractivity contribution in [3.63, 3.8) is 0 Å². The van der Waals surface area contributed by atoms with Crippen LogP contribution < -0.4 is 10.5 Å². The number of oxime groups is 1. The quantitative estimate of drug-likeness (QED) is 0.290. The molecule has 0 saturated carbocycles. The Morgan fingerprint density at radius 1 is 1.48 bits per heavy atom. The summed E-state index contributed by atoms with van der Waals surface area (Å²) < 4.78 is 10.8. The molecule has 2 rings (SSSR count). The molecule has 1 heterocycles. The first-order chi connectivity index (χ1) is 10.0. The van der Waals surface area contributed by atoms with Crippen molar-refractivity contribution in [3.05, 3.63) is 40.8 Å². The number of aromatic nitrogens is 1. The molecular weight excluding hydrogens is 290 g/mol. The van der Waals surface area contributed by atoms with Gasteiger partial charge in [-0.15, -0.1) is 0 Å². The number of benzene rings is 1. The normalized spacial score (nSPS) is 11.7. The summed E-state index contributed by atoms with van der Waals surface area (Å²) in [4.78, 5) is 4.32. The van der Waals surface area contributed by atoms with E-state index in [2.05, 4.69) is 10.1 Å². The van der Waals surface area contributed by atoms with Gasteiger partial charge in [0.2, 0.25) is 0 Å². The third kappa shape index (κ3) is 3.49. The molecule has 0 atom stereocenters. The Balaban J connectivity index is 2.14. The monoisotopic (exact) mass is 307 g/mol. The van der Waals surface area contributed by atoms with E-state index in [-0.39, 0.29) is 5.84 Å². The molecule has 1 aromatic heterocycles. The lowest BCUT2D eigenvalue weighted by Gasteiger charge is -2.09. The van der Waals surface area contributed by atoms with Crippen LogP contribution in [0, 0.1) is 13.8 Å². The molecule has 0 amide bonds. The smallest absolute Gasteiger partial charge is 0.256 e. The van der Waals surface area contributed by atoms with Crippen LogP contribution in [0.1, 0.15) is 22.6 Å². The van der Waals surface area contributed by atoms with Crippen molar-refractivity contribution in [2.75, 3.05) is 7.11 Å². The number of oxazole rings is 1. The van der Waals surface area contributed by atoms with Gasteiger partial charge in [0.25, 0.3) is 5.22 Å². The van der Waals surface area contributed by atoms with E-state index in [4.69, 9.17) is 20.1 Å². The van der Waals surface area contributed by atoms with E-state index in [1.54, 1.807) is 13.2 Å². The number of aryl methyl sites for hydroxylation is 2. The molecule has 0 spiro atoms. The van der Waals surface area contributed by atoms with Gasteiger partial charge in [0.1, 0.15) is 11.5 Å². The van der Waals surface area contributed by atoms with Crippen LogP contribution in [0.2, 0.25) is 0 Å². The first-order valence-electron chi connectivity index (χ1n) is 6.26. The lowest BCUT2D eigenvalue weighted by molar-refractivity contribution is 0.318. The molecule has 2 aromatic rings. The number of thioether (sulfide) groups is 1. The molecule has 0 aliphatic carbocycles. The first kappa shape index (κ1) is 15.2. The van der Waals surface area contributed by atoms with Crippen molar-refractivity contribution in [3.8, 4) is 5.75 Å². The molecular formula is C14H17N3O3S. The van der Waals surface area contributed by atoms with E-state index in [1.165, 1.54) is 11.8 Å². The van der Waals surface area contributed by atoms with Crippen LogP contribution in [0.25, 0.3) is 0 Å². The Bertz CT molecular complexity index is 648. The van der Waals surface area contributed by atoms with Gasteiger partial charge in [0, 0.05) is 5.75 Å². The van der Waals surface area contributed by atoms with Crippen LogP contribution >= 0.6 is 11.8 Å². The van der Waals surface area contributed by atoms with Gasteiger partial charge in [-0.3, -0.25) is 0 Å². The molecule has 0 aliphatic heterocycles. The minimum absolute atomic E-state index is 0.0185. The molecule has 0 aliphatic rings. The SMILES string of the molecule is COc1cc(CSc2nc(C)c(C)o2)ccc1/C(N)=N/O. The van der Waals surface area contributed by atoms with Crippen molar-refractivity contribution in [2.45, 2.75) is 24.8 Å². The summed E-state index contributed by atoms with van der Waals surface area (Å²) in [5, 5.41) is 12.4. The van der Waals surface area contributed by atoms with Gasteiger partial charge < -0.3 is 20.1 Å². The molecule has 0 bridgehead atoms. The van der Waals surface area contributed by atoms with E-state index in [9.17, 15) is 0 Å². The van der Waals surface area contributed by atoms with E-state index >= 15 is 0 Å². The maximum Gasteiger partial charge on any atom is 0.256 e. The summed E-state index contributed by atoms with van der Waals surface area (Å²) >= 11 is 1.50. The van der Waals surface area contributed by atoms with Gasteiger partial charge in [-0.1, -0.05) is 23.0 Å². The number of rotatable bonds is 5. The summed E-state index contributed by atoms with van der Waals surface area (Å²) in [6.07, 6.45) is 0. The third-order valence-corrected chi connectivity index (χ3v) is 3.92. The van der Waals surface area contributed by atoms with Crippen molar-refractivity contribution in [1.29, 1.82) is 0 Å². The zero-order valence-electron chi connectivity index (χ0n) is 12.1. The molecule has 1 aromatic carbocycles. The third-order valence-electron chi connectivity index (χ3n) is 3.02. The van der Waals surface area contributed by atoms with Crippen molar-refractivity contribution >= 4 is 17.6 Å². The van der Waals surface area contributed by atoms with Crippen molar-refractivity contribution in [1.82, 2.24) is 4.98 Å². The van der Waals surface area contributed by atoms with Gasteiger partial charge in [0.05, 0.1) is 18.4 Å². The molecule has 0 saturated heterocycles. The van der Waals surface area contributed by atoms with Crippen LogP contribution in [-0.2, 0) is 5.75 Å². The largest absolute Gasteiger partial charge is 0.496 e. The highest BCUT2D eigenvalue weighted by Gasteiger charge is 2.10. The number of nitrogens with zero attached hydrogens (tertiary/aromatic N) is 2. The van der Waals surface area contributed by atoms with Gasteiger partial charge in [-0.05, 0) is 31.5 Å². The van der Waals surface area contributed by atoms with Crippen LogP contribution in [-0.4, -0.2) is 23.1 Å². The molecule has 6 nitrogen and oxygen atoms in total. The average molecular weight is 307 g/mol. The summed E-state index contributed by atoms with van der Waals surface area (Å²) in [5.74, 6) is 2.09. The fourth-order valence-corrected chi connectivity index (χ4v) is 2.60. The zero-order chi connectivity index (χ0) is 15.4. The van der Waals surface area contributed by atoms with Gasteiger partial charge in [-0.25, -0.2) is 4.98 Å². The molecule has 7 heteroatoms. The second-order valence-electron chi connectivity index (χ2n) is 4.43. The molecule has 0 fully saturated rings. The van der Waals surface area contributed by atoms with E-state index in [0.29, 0.717) is 22.3 Å². The number of ether oxygens (including phenoxy) is 1. The van der Waals surface area contributed by atoms with Crippen LogP contribution in [0.5, 0.6) is 5.75 Å².